The van der Waals surface area contributed by atoms with Crippen LogP contribution in [0, 0.1) is 6.92 Å². The van der Waals surface area contributed by atoms with Gasteiger partial charge < -0.3 is 15.0 Å². The van der Waals surface area contributed by atoms with Crippen molar-refractivity contribution in [1.29, 1.82) is 0 Å². The van der Waals surface area contributed by atoms with Crippen LogP contribution in [-0.4, -0.2) is 18.0 Å². The molecule has 3 rings (SSSR count). The highest BCUT2D eigenvalue weighted by atomic mass is 16.5. The van der Waals surface area contributed by atoms with Gasteiger partial charge in [-0.05, 0) is 30.7 Å². The number of aromatic nitrogens is 1. The first kappa shape index (κ1) is 14.2. The summed E-state index contributed by atoms with van der Waals surface area (Å²) in [6.07, 6.45) is 1.73. The summed E-state index contributed by atoms with van der Waals surface area (Å²) in [5, 5.41) is 3.82. The maximum Gasteiger partial charge on any atom is 0.253 e. The Balaban J connectivity index is 1.80. The van der Waals surface area contributed by atoms with Crippen LogP contribution in [0.1, 0.15) is 21.5 Å². The molecule has 0 saturated carbocycles. The van der Waals surface area contributed by atoms with Crippen LogP contribution in [0.2, 0.25) is 0 Å². The molecule has 4 heteroatoms. The number of ether oxygens (including phenoxy) is 1. The first-order valence-corrected chi connectivity index (χ1v) is 7.16. The van der Waals surface area contributed by atoms with Gasteiger partial charge in [0, 0.05) is 23.6 Å². The molecule has 22 heavy (non-hydrogen) atoms. The predicted molar refractivity (Wildman–Crippen MR) is 87.2 cm³/mol. The van der Waals surface area contributed by atoms with Gasteiger partial charge in [-0.15, -0.1) is 0 Å². The number of carbonyl (C=O) groups excluding carboxylic acids is 1. The van der Waals surface area contributed by atoms with E-state index < -0.39 is 0 Å². The molecule has 0 aliphatic carbocycles. The number of benzene rings is 2. The number of H-pyrrole nitrogens is 1. The van der Waals surface area contributed by atoms with Gasteiger partial charge >= 0.3 is 0 Å². The Morgan fingerprint density at radius 2 is 2.09 bits per heavy atom. The Labute approximate surface area is 129 Å². The van der Waals surface area contributed by atoms with Gasteiger partial charge in [-0.2, -0.15) is 0 Å². The summed E-state index contributed by atoms with van der Waals surface area (Å²) >= 11 is 0. The molecular weight excluding hydrogens is 276 g/mol. The fourth-order valence-electron chi connectivity index (χ4n) is 2.51. The van der Waals surface area contributed by atoms with Crippen molar-refractivity contribution in [2.45, 2.75) is 13.5 Å². The lowest BCUT2D eigenvalue weighted by Crippen LogP contribution is -2.22. The number of hydrogen-bond donors (Lipinski definition) is 2. The van der Waals surface area contributed by atoms with Crippen LogP contribution < -0.4 is 10.1 Å². The molecule has 4 nitrogen and oxygen atoms in total. The Morgan fingerprint density at radius 3 is 2.86 bits per heavy atom. The van der Waals surface area contributed by atoms with Crippen LogP contribution in [0.3, 0.4) is 0 Å². The lowest BCUT2D eigenvalue weighted by Gasteiger charge is -2.06. The van der Waals surface area contributed by atoms with Crippen molar-refractivity contribution in [1.82, 2.24) is 10.3 Å². The van der Waals surface area contributed by atoms with Gasteiger partial charge in [-0.1, -0.05) is 29.8 Å². The van der Waals surface area contributed by atoms with E-state index in [4.69, 9.17) is 4.74 Å². The smallest absolute Gasteiger partial charge is 0.253 e. The molecule has 0 radical (unpaired) electrons. The van der Waals surface area contributed by atoms with Crippen molar-refractivity contribution in [2.75, 3.05) is 7.11 Å². The van der Waals surface area contributed by atoms with E-state index in [0.29, 0.717) is 12.1 Å². The quantitative estimate of drug-likeness (QED) is 0.774. The van der Waals surface area contributed by atoms with Gasteiger partial charge in [-0.25, -0.2) is 0 Å². The summed E-state index contributed by atoms with van der Waals surface area (Å²) in [7, 11) is 1.62. The normalized spacial score (nSPS) is 10.6. The minimum atomic E-state index is -0.0963. The standard InChI is InChI=1S/C18H18N2O2/c1-12-4-3-5-13(8-12)10-20-18(21)16-11-19-17-7-6-14(22-2)9-15(16)17/h3-9,11,19H,10H2,1-2H3,(H,20,21). The Bertz CT molecular complexity index is 821. The molecule has 0 aliphatic rings. The predicted octanol–water partition coefficient (Wildman–Crippen LogP) is 3.41. The molecule has 0 atom stereocenters. The fraction of sp³-hybridized carbons (Fsp3) is 0.167. The van der Waals surface area contributed by atoms with E-state index in [9.17, 15) is 4.79 Å². The largest absolute Gasteiger partial charge is 0.497 e. The molecular formula is C18H18N2O2. The van der Waals surface area contributed by atoms with Crippen molar-refractivity contribution < 1.29 is 9.53 Å². The third kappa shape index (κ3) is 2.81. The Hall–Kier alpha value is -2.75. The maximum atomic E-state index is 12.4. The van der Waals surface area contributed by atoms with Crippen LogP contribution in [-0.2, 0) is 6.54 Å². The molecule has 2 N–H and O–H groups in total. The highest BCUT2D eigenvalue weighted by molar-refractivity contribution is 6.07. The van der Waals surface area contributed by atoms with E-state index in [1.165, 1.54) is 5.56 Å². The van der Waals surface area contributed by atoms with Crippen LogP contribution in [0.25, 0.3) is 10.9 Å². The average molecular weight is 294 g/mol. The molecule has 3 aromatic rings. The van der Waals surface area contributed by atoms with E-state index >= 15 is 0 Å². The molecule has 2 aromatic carbocycles. The zero-order chi connectivity index (χ0) is 15.5. The van der Waals surface area contributed by atoms with E-state index in [-0.39, 0.29) is 5.91 Å². The lowest BCUT2D eigenvalue weighted by molar-refractivity contribution is 0.0952. The molecule has 0 aliphatic heterocycles. The van der Waals surface area contributed by atoms with E-state index in [1.54, 1.807) is 13.3 Å². The second-order valence-corrected chi connectivity index (χ2v) is 5.29. The molecule has 1 heterocycles. The summed E-state index contributed by atoms with van der Waals surface area (Å²) in [5.74, 6) is 0.640. The number of amides is 1. The highest BCUT2D eigenvalue weighted by Crippen LogP contribution is 2.23. The van der Waals surface area contributed by atoms with Gasteiger partial charge in [0.05, 0.1) is 12.7 Å². The molecule has 0 unspecified atom stereocenters. The van der Waals surface area contributed by atoms with Crippen molar-refractivity contribution in [3.05, 3.63) is 65.4 Å². The summed E-state index contributed by atoms with van der Waals surface area (Å²) < 4.78 is 5.22. The maximum absolute atomic E-state index is 12.4. The molecule has 112 valence electrons. The first-order chi connectivity index (χ1) is 10.7. The summed E-state index contributed by atoms with van der Waals surface area (Å²) in [6.45, 7) is 2.55. The number of aryl methyl sites for hydroxylation is 1. The second kappa shape index (κ2) is 5.93. The van der Waals surface area contributed by atoms with Crippen LogP contribution >= 0.6 is 0 Å². The third-order valence-electron chi connectivity index (χ3n) is 3.67. The van der Waals surface area contributed by atoms with Gasteiger partial charge in [-0.3, -0.25) is 4.79 Å². The van der Waals surface area contributed by atoms with Crippen molar-refractivity contribution in [3.63, 3.8) is 0 Å². The zero-order valence-corrected chi connectivity index (χ0v) is 12.6. The number of rotatable bonds is 4. The lowest BCUT2D eigenvalue weighted by atomic mass is 10.1. The summed E-state index contributed by atoms with van der Waals surface area (Å²) in [6, 6.07) is 13.8. The molecule has 0 spiro atoms. The number of aromatic amines is 1. The van der Waals surface area contributed by atoms with Crippen LogP contribution in [0.5, 0.6) is 5.75 Å². The Morgan fingerprint density at radius 1 is 1.23 bits per heavy atom. The topological polar surface area (TPSA) is 54.1 Å². The van der Waals surface area contributed by atoms with Gasteiger partial charge in [0.25, 0.3) is 5.91 Å². The number of carbonyl (C=O) groups is 1. The molecule has 0 bridgehead atoms. The van der Waals surface area contributed by atoms with Crippen LogP contribution in [0.4, 0.5) is 0 Å². The molecule has 0 saturated heterocycles. The first-order valence-electron chi connectivity index (χ1n) is 7.16. The number of fused-ring (bicyclic) bond motifs is 1. The van der Waals surface area contributed by atoms with E-state index in [1.807, 2.05) is 43.3 Å². The molecule has 0 fully saturated rings. The van der Waals surface area contributed by atoms with Gasteiger partial charge in [0.15, 0.2) is 0 Å². The van der Waals surface area contributed by atoms with Crippen molar-refractivity contribution in [3.8, 4) is 5.75 Å². The highest BCUT2D eigenvalue weighted by Gasteiger charge is 2.12. The SMILES string of the molecule is COc1ccc2[nH]cc(C(=O)NCc3cccc(C)c3)c2c1. The average Bonchev–Trinajstić information content (AvgIpc) is 2.95. The monoisotopic (exact) mass is 294 g/mol. The zero-order valence-electron chi connectivity index (χ0n) is 12.6. The third-order valence-corrected chi connectivity index (χ3v) is 3.67. The molecule has 1 aromatic heterocycles. The van der Waals surface area contributed by atoms with Gasteiger partial charge in [0.1, 0.15) is 5.75 Å². The fourth-order valence-corrected chi connectivity index (χ4v) is 2.51. The van der Waals surface area contributed by atoms with Gasteiger partial charge in [0.2, 0.25) is 0 Å². The van der Waals surface area contributed by atoms with Crippen molar-refractivity contribution in [2.24, 2.45) is 0 Å². The Kier molecular flexibility index (Phi) is 3.83. The van der Waals surface area contributed by atoms with Crippen LogP contribution in [0.15, 0.2) is 48.7 Å². The number of nitrogens with one attached hydrogen (secondary N) is 2. The summed E-state index contributed by atoms with van der Waals surface area (Å²) in [5.41, 5.74) is 3.82. The molecule has 1 amide bonds. The second-order valence-electron chi connectivity index (χ2n) is 5.29. The number of hydrogen-bond acceptors (Lipinski definition) is 2. The number of methoxy groups -OCH3 is 1. The minimum absolute atomic E-state index is 0.0963. The van der Waals surface area contributed by atoms with E-state index in [2.05, 4.69) is 16.4 Å². The summed E-state index contributed by atoms with van der Waals surface area (Å²) in [4.78, 5) is 15.5. The minimum Gasteiger partial charge on any atom is -0.497 e. The van der Waals surface area contributed by atoms with E-state index in [0.717, 1.165) is 22.2 Å². The van der Waals surface area contributed by atoms with Crippen molar-refractivity contribution >= 4 is 16.8 Å².